The number of piperidine rings is 1. The third-order valence-corrected chi connectivity index (χ3v) is 9.49. The lowest BCUT2D eigenvalue weighted by atomic mass is 9.99. The van der Waals surface area contributed by atoms with Crippen LogP contribution in [0.15, 0.2) is 69.7 Å². The summed E-state index contributed by atoms with van der Waals surface area (Å²) in [5.41, 5.74) is 2.60. The van der Waals surface area contributed by atoms with Gasteiger partial charge < -0.3 is 9.73 Å². The molecule has 8 nitrogen and oxygen atoms in total. The van der Waals surface area contributed by atoms with Crippen molar-refractivity contribution >= 4 is 44.6 Å². The van der Waals surface area contributed by atoms with Crippen molar-refractivity contribution in [3.05, 3.63) is 81.7 Å². The second kappa shape index (κ2) is 10.1. The SMILES string of the molecule is Cc1ccc(S(=O)(=O)N2CCC(c3nc(C(=O)Nc4cccc(-c5cnco5)c4)cs3)CC2)cc1Cl. The fourth-order valence-corrected chi connectivity index (χ4v) is 6.82. The van der Waals surface area contributed by atoms with Crippen molar-refractivity contribution in [2.75, 3.05) is 18.4 Å². The van der Waals surface area contributed by atoms with E-state index in [1.807, 2.05) is 25.1 Å². The molecule has 4 aromatic rings. The number of thiazole rings is 1. The van der Waals surface area contributed by atoms with Crippen LogP contribution in [-0.2, 0) is 10.0 Å². The molecule has 1 aliphatic rings. The van der Waals surface area contributed by atoms with Crippen LogP contribution in [0.3, 0.4) is 0 Å². The summed E-state index contributed by atoms with van der Waals surface area (Å²) in [5.74, 6) is 0.406. The van der Waals surface area contributed by atoms with E-state index in [1.54, 1.807) is 29.8 Å². The highest BCUT2D eigenvalue weighted by atomic mass is 35.5. The fourth-order valence-electron chi connectivity index (χ4n) is 4.11. The van der Waals surface area contributed by atoms with Crippen molar-refractivity contribution in [2.24, 2.45) is 0 Å². The van der Waals surface area contributed by atoms with Gasteiger partial charge in [-0.2, -0.15) is 4.31 Å². The highest BCUT2D eigenvalue weighted by Gasteiger charge is 2.31. The Morgan fingerprint density at radius 3 is 2.72 bits per heavy atom. The molecule has 11 heteroatoms. The van der Waals surface area contributed by atoms with E-state index in [2.05, 4.69) is 15.3 Å². The largest absolute Gasteiger partial charge is 0.444 e. The molecule has 1 saturated heterocycles. The number of hydrogen-bond donors (Lipinski definition) is 1. The molecule has 1 amide bonds. The highest BCUT2D eigenvalue weighted by Crippen LogP contribution is 2.33. The van der Waals surface area contributed by atoms with E-state index in [4.69, 9.17) is 16.0 Å². The molecule has 186 valence electrons. The summed E-state index contributed by atoms with van der Waals surface area (Å²) < 4.78 is 32.9. The molecular formula is C25H23ClN4O4S2. The fraction of sp³-hybridized carbons (Fsp3) is 0.240. The van der Waals surface area contributed by atoms with Crippen molar-refractivity contribution in [1.82, 2.24) is 14.3 Å². The number of nitrogens with one attached hydrogen (secondary N) is 1. The number of rotatable bonds is 6. The third-order valence-electron chi connectivity index (χ3n) is 6.18. The highest BCUT2D eigenvalue weighted by molar-refractivity contribution is 7.89. The number of carbonyl (C=O) groups excluding carboxylic acids is 1. The Hall–Kier alpha value is -3.05. The zero-order chi connectivity index (χ0) is 25.3. The van der Waals surface area contributed by atoms with Gasteiger partial charge in [-0.15, -0.1) is 11.3 Å². The molecular weight excluding hydrogens is 520 g/mol. The summed E-state index contributed by atoms with van der Waals surface area (Å²) in [6.07, 6.45) is 4.23. The van der Waals surface area contributed by atoms with E-state index < -0.39 is 10.0 Å². The van der Waals surface area contributed by atoms with Gasteiger partial charge in [0.25, 0.3) is 5.91 Å². The first-order valence-corrected chi connectivity index (χ1v) is 14.0. The van der Waals surface area contributed by atoms with Gasteiger partial charge in [0.1, 0.15) is 5.69 Å². The monoisotopic (exact) mass is 542 g/mol. The van der Waals surface area contributed by atoms with Crippen LogP contribution in [0.2, 0.25) is 5.02 Å². The molecule has 0 radical (unpaired) electrons. The predicted octanol–water partition coefficient (Wildman–Crippen LogP) is 5.58. The minimum Gasteiger partial charge on any atom is -0.444 e. The Labute approximate surface area is 218 Å². The minimum atomic E-state index is -3.61. The molecule has 5 rings (SSSR count). The Balaban J connectivity index is 1.22. The molecule has 0 aliphatic carbocycles. The average Bonchev–Trinajstić information content (AvgIpc) is 3.59. The van der Waals surface area contributed by atoms with E-state index in [1.165, 1.54) is 28.1 Å². The lowest BCUT2D eigenvalue weighted by Gasteiger charge is -2.30. The second-order valence-corrected chi connectivity index (χ2v) is 11.8. The number of benzene rings is 2. The van der Waals surface area contributed by atoms with Crippen LogP contribution in [0, 0.1) is 6.92 Å². The summed E-state index contributed by atoms with van der Waals surface area (Å²) in [6.45, 7) is 2.60. The van der Waals surface area contributed by atoms with Crippen LogP contribution in [-0.4, -0.2) is 41.7 Å². The number of aryl methyl sites for hydroxylation is 1. The lowest BCUT2D eigenvalue weighted by molar-refractivity contribution is 0.102. The summed E-state index contributed by atoms with van der Waals surface area (Å²) in [7, 11) is -3.61. The van der Waals surface area contributed by atoms with Crippen molar-refractivity contribution in [3.63, 3.8) is 0 Å². The van der Waals surface area contributed by atoms with E-state index in [0.717, 1.165) is 16.1 Å². The maximum atomic E-state index is 13.1. The van der Waals surface area contributed by atoms with Gasteiger partial charge in [-0.3, -0.25) is 4.79 Å². The van der Waals surface area contributed by atoms with Gasteiger partial charge in [-0.05, 0) is 49.6 Å². The van der Waals surface area contributed by atoms with Crippen LogP contribution < -0.4 is 5.32 Å². The summed E-state index contributed by atoms with van der Waals surface area (Å²) in [4.78, 5) is 21.5. The number of oxazole rings is 1. The normalized spacial score (nSPS) is 15.2. The maximum Gasteiger partial charge on any atom is 0.275 e. The second-order valence-electron chi connectivity index (χ2n) is 8.56. The topological polar surface area (TPSA) is 105 Å². The number of amides is 1. The van der Waals surface area contributed by atoms with Gasteiger partial charge in [0, 0.05) is 40.7 Å². The standard InChI is InChI=1S/C25H23ClN4O4S2/c1-16-5-6-20(12-21(16)26)36(32,33)30-9-7-17(8-10-30)25-29-22(14-35-25)24(31)28-19-4-2-3-18(11-19)23-13-27-15-34-23/h2-6,11-15,17H,7-10H2,1H3,(H,28,31). The van der Waals surface area contributed by atoms with Crippen LogP contribution in [0.5, 0.6) is 0 Å². The molecule has 0 atom stereocenters. The van der Waals surface area contributed by atoms with E-state index in [0.29, 0.717) is 48.1 Å². The number of anilines is 1. The molecule has 0 spiro atoms. The number of sulfonamides is 1. The van der Waals surface area contributed by atoms with Gasteiger partial charge in [0.15, 0.2) is 12.2 Å². The van der Waals surface area contributed by atoms with Crippen LogP contribution >= 0.6 is 22.9 Å². The third kappa shape index (κ3) is 5.08. The van der Waals surface area contributed by atoms with Crippen molar-refractivity contribution in [1.29, 1.82) is 0 Å². The Bertz CT molecular complexity index is 1490. The summed E-state index contributed by atoms with van der Waals surface area (Å²) >= 11 is 7.57. The van der Waals surface area contributed by atoms with Gasteiger partial charge in [-0.25, -0.2) is 18.4 Å². The Morgan fingerprint density at radius 2 is 2.00 bits per heavy atom. The Morgan fingerprint density at radius 1 is 1.19 bits per heavy atom. The first-order chi connectivity index (χ1) is 17.3. The van der Waals surface area contributed by atoms with E-state index in [9.17, 15) is 13.2 Å². The van der Waals surface area contributed by atoms with Gasteiger partial charge >= 0.3 is 0 Å². The Kier molecular flexibility index (Phi) is 6.94. The number of hydrogen-bond acceptors (Lipinski definition) is 7. The first-order valence-electron chi connectivity index (χ1n) is 11.3. The van der Waals surface area contributed by atoms with Crippen LogP contribution in [0.25, 0.3) is 11.3 Å². The predicted molar refractivity (Wildman–Crippen MR) is 139 cm³/mol. The molecule has 0 unspecified atom stereocenters. The molecule has 2 aromatic carbocycles. The zero-order valence-electron chi connectivity index (χ0n) is 19.3. The average molecular weight is 543 g/mol. The van der Waals surface area contributed by atoms with Crippen molar-refractivity contribution in [2.45, 2.75) is 30.6 Å². The first kappa shape index (κ1) is 24.6. The van der Waals surface area contributed by atoms with Crippen LogP contribution in [0.4, 0.5) is 5.69 Å². The summed E-state index contributed by atoms with van der Waals surface area (Å²) in [6, 6.07) is 12.1. The molecule has 1 N–H and O–H groups in total. The maximum absolute atomic E-state index is 13.1. The molecule has 1 fully saturated rings. The minimum absolute atomic E-state index is 0.0967. The smallest absolute Gasteiger partial charge is 0.275 e. The number of aromatic nitrogens is 2. The van der Waals surface area contributed by atoms with E-state index in [-0.39, 0.29) is 16.7 Å². The molecule has 2 aromatic heterocycles. The number of nitrogens with zero attached hydrogens (tertiary/aromatic N) is 3. The van der Waals surface area contributed by atoms with Crippen LogP contribution in [0.1, 0.15) is 39.8 Å². The number of carbonyl (C=O) groups is 1. The zero-order valence-corrected chi connectivity index (χ0v) is 21.7. The van der Waals surface area contributed by atoms with Gasteiger partial charge in [0.05, 0.1) is 16.1 Å². The molecule has 0 bridgehead atoms. The van der Waals surface area contributed by atoms with Crippen molar-refractivity contribution < 1.29 is 17.6 Å². The summed E-state index contributed by atoms with van der Waals surface area (Å²) in [5, 5.41) is 5.89. The molecule has 0 saturated carbocycles. The molecule has 1 aliphatic heterocycles. The quantitative estimate of drug-likeness (QED) is 0.341. The molecule has 3 heterocycles. The van der Waals surface area contributed by atoms with Gasteiger partial charge in [-0.1, -0.05) is 29.8 Å². The number of halogens is 1. The lowest BCUT2D eigenvalue weighted by Crippen LogP contribution is -2.37. The van der Waals surface area contributed by atoms with E-state index >= 15 is 0 Å². The molecule has 36 heavy (non-hydrogen) atoms. The van der Waals surface area contributed by atoms with Crippen molar-refractivity contribution in [3.8, 4) is 11.3 Å². The van der Waals surface area contributed by atoms with Gasteiger partial charge in [0.2, 0.25) is 10.0 Å².